The number of carbonyl (C=O) groups excluding carboxylic acids is 2. The van der Waals surface area contributed by atoms with Crippen LogP contribution in [0, 0.1) is 13.8 Å². The van der Waals surface area contributed by atoms with Gasteiger partial charge in [0, 0.05) is 5.69 Å². The largest absolute Gasteiger partial charge is 0.361 e. The lowest BCUT2D eigenvalue weighted by Gasteiger charge is -2.15. The van der Waals surface area contributed by atoms with Gasteiger partial charge < -0.3 is 15.2 Å². The highest BCUT2D eigenvalue weighted by molar-refractivity contribution is 5.99. The molecule has 6 nitrogen and oxygen atoms in total. The van der Waals surface area contributed by atoms with E-state index in [2.05, 4.69) is 15.8 Å². The highest BCUT2D eigenvalue weighted by Crippen LogP contribution is 2.26. The average molecular weight is 299 g/mol. The molecule has 3 rings (SSSR count). The molecule has 0 unspecified atom stereocenters. The van der Waals surface area contributed by atoms with E-state index in [1.807, 2.05) is 25.1 Å². The van der Waals surface area contributed by atoms with E-state index in [1.54, 1.807) is 13.8 Å². The van der Waals surface area contributed by atoms with Crippen molar-refractivity contribution in [2.75, 3.05) is 5.32 Å². The van der Waals surface area contributed by atoms with Gasteiger partial charge in [0.15, 0.2) is 0 Å². The Kier molecular flexibility index (Phi) is 3.44. The number of benzene rings is 1. The number of hydrogen-bond acceptors (Lipinski definition) is 4. The molecule has 114 valence electrons. The molecule has 2 aromatic rings. The summed E-state index contributed by atoms with van der Waals surface area (Å²) in [5.74, 6) is 0.295. The Bertz CT molecular complexity index is 744. The van der Waals surface area contributed by atoms with Gasteiger partial charge in [-0.1, -0.05) is 17.3 Å². The van der Waals surface area contributed by atoms with Crippen LogP contribution in [0.15, 0.2) is 22.7 Å². The number of anilines is 1. The number of fused-ring (bicyclic) bond motifs is 1. The molecule has 1 aromatic heterocycles. The first-order chi connectivity index (χ1) is 10.5. The zero-order valence-corrected chi connectivity index (χ0v) is 12.7. The molecule has 2 N–H and O–H groups in total. The van der Waals surface area contributed by atoms with Crippen LogP contribution >= 0.6 is 0 Å². The van der Waals surface area contributed by atoms with Crippen LogP contribution in [-0.2, 0) is 11.2 Å². The molecule has 1 aliphatic rings. The maximum Gasteiger partial charge on any atom is 0.257 e. The summed E-state index contributed by atoms with van der Waals surface area (Å²) in [6, 6.07) is 5.55. The SMILES string of the molecule is Cc1noc(C)c1C(=O)N[C@H](C)c1ccc2c(c1)CC(=O)N2. The Balaban J connectivity index is 1.78. The zero-order valence-electron chi connectivity index (χ0n) is 12.7. The fourth-order valence-corrected chi connectivity index (χ4v) is 2.68. The Hall–Kier alpha value is -2.63. The highest BCUT2D eigenvalue weighted by Gasteiger charge is 2.22. The van der Waals surface area contributed by atoms with E-state index in [-0.39, 0.29) is 17.9 Å². The van der Waals surface area contributed by atoms with Gasteiger partial charge in [0.25, 0.3) is 5.91 Å². The topological polar surface area (TPSA) is 84.2 Å². The van der Waals surface area contributed by atoms with Crippen molar-refractivity contribution in [1.29, 1.82) is 0 Å². The second-order valence-corrected chi connectivity index (χ2v) is 5.54. The third-order valence-corrected chi connectivity index (χ3v) is 3.86. The van der Waals surface area contributed by atoms with Crippen LogP contribution in [0.1, 0.15) is 45.9 Å². The average Bonchev–Trinajstić information content (AvgIpc) is 2.99. The van der Waals surface area contributed by atoms with Crippen molar-refractivity contribution in [1.82, 2.24) is 10.5 Å². The molecule has 0 bridgehead atoms. The number of nitrogens with one attached hydrogen (secondary N) is 2. The van der Waals surface area contributed by atoms with Gasteiger partial charge in [-0.3, -0.25) is 9.59 Å². The fourth-order valence-electron chi connectivity index (χ4n) is 2.68. The first kappa shape index (κ1) is 14.3. The molecule has 1 atom stereocenters. The summed E-state index contributed by atoms with van der Waals surface area (Å²) in [6.45, 7) is 5.36. The van der Waals surface area contributed by atoms with Crippen LogP contribution < -0.4 is 10.6 Å². The van der Waals surface area contributed by atoms with Gasteiger partial charge in [-0.15, -0.1) is 0 Å². The lowest BCUT2D eigenvalue weighted by atomic mass is 10.0. The summed E-state index contributed by atoms with van der Waals surface area (Å²) in [5.41, 5.74) is 3.81. The Labute approximate surface area is 127 Å². The van der Waals surface area contributed by atoms with Gasteiger partial charge in [0.2, 0.25) is 5.91 Å². The molecule has 6 heteroatoms. The molecule has 22 heavy (non-hydrogen) atoms. The van der Waals surface area contributed by atoms with Crippen LogP contribution in [0.25, 0.3) is 0 Å². The fraction of sp³-hybridized carbons (Fsp3) is 0.312. The lowest BCUT2D eigenvalue weighted by Crippen LogP contribution is -2.27. The number of aromatic nitrogens is 1. The highest BCUT2D eigenvalue weighted by atomic mass is 16.5. The number of amides is 2. The number of hydrogen-bond donors (Lipinski definition) is 2. The monoisotopic (exact) mass is 299 g/mol. The zero-order chi connectivity index (χ0) is 15.9. The number of nitrogens with zero attached hydrogens (tertiary/aromatic N) is 1. The van der Waals surface area contributed by atoms with Crippen LogP contribution in [0.5, 0.6) is 0 Å². The second kappa shape index (κ2) is 5.29. The Morgan fingerprint density at radius 2 is 2.18 bits per heavy atom. The van der Waals surface area contributed by atoms with E-state index in [0.29, 0.717) is 23.4 Å². The molecule has 2 amide bonds. The van der Waals surface area contributed by atoms with Crippen LogP contribution in [0.2, 0.25) is 0 Å². The summed E-state index contributed by atoms with van der Waals surface area (Å²) in [5, 5.41) is 9.52. The second-order valence-electron chi connectivity index (χ2n) is 5.54. The van der Waals surface area contributed by atoms with Gasteiger partial charge in [-0.25, -0.2) is 0 Å². The van der Waals surface area contributed by atoms with E-state index in [1.165, 1.54) is 0 Å². The molecule has 0 spiro atoms. The molecule has 2 heterocycles. The molecule has 0 fully saturated rings. The summed E-state index contributed by atoms with van der Waals surface area (Å²) in [7, 11) is 0. The van der Waals surface area contributed by atoms with Crippen molar-refractivity contribution in [3.63, 3.8) is 0 Å². The van der Waals surface area contributed by atoms with Crippen molar-refractivity contribution in [2.45, 2.75) is 33.2 Å². The predicted octanol–water partition coefficient (Wildman–Crippen LogP) is 2.28. The van der Waals surface area contributed by atoms with E-state index >= 15 is 0 Å². The first-order valence-corrected chi connectivity index (χ1v) is 7.12. The van der Waals surface area contributed by atoms with Crippen LogP contribution in [0.4, 0.5) is 5.69 Å². The molecule has 1 aromatic carbocycles. The smallest absolute Gasteiger partial charge is 0.257 e. The molecule has 0 radical (unpaired) electrons. The third-order valence-electron chi connectivity index (χ3n) is 3.86. The summed E-state index contributed by atoms with van der Waals surface area (Å²) in [6.07, 6.45) is 0.383. The third kappa shape index (κ3) is 2.47. The van der Waals surface area contributed by atoms with Crippen molar-refractivity contribution in [3.05, 3.63) is 46.3 Å². The van der Waals surface area contributed by atoms with Crippen molar-refractivity contribution in [2.24, 2.45) is 0 Å². The van der Waals surface area contributed by atoms with E-state index in [9.17, 15) is 9.59 Å². The summed E-state index contributed by atoms with van der Waals surface area (Å²) >= 11 is 0. The normalized spacial score (nSPS) is 14.4. The quantitative estimate of drug-likeness (QED) is 0.910. The lowest BCUT2D eigenvalue weighted by molar-refractivity contribution is -0.115. The van der Waals surface area contributed by atoms with Crippen LogP contribution in [0.3, 0.4) is 0 Å². The van der Waals surface area contributed by atoms with Gasteiger partial charge in [0.05, 0.1) is 18.2 Å². The minimum absolute atomic E-state index is 0.000408. The van der Waals surface area contributed by atoms with Crippen molar-refractivity contribution in [3.8, 4) is 0 Å². The first-order valence-electron chi connectivity index (χ1n) is 7.12. The molecule has 0 aliphatic carbocycles. The van der Waals surface area contributed by atoms with Gasteiger partial charge in [0.1, 0.15) is 11.3 Å². The summed E-state index contributed by atoms with van der Waals surface area (Å²) in [4.78, 5) is 23.7. The van der Waals surface area contributed by atoms with Gasteiger partial charge in [-0.05, 0) is 38.0 Å². The van der Waals surface area contributed by atoms with E-state index in [0.717, 1.165) is 16.8 Å². The molecule has 0 saturated heterocycles. The van der Waals surface area contributed by atoms with Crippen molar-refractivity contribution >= 4 is 17.5 Å². The Morgan fingerprint density at radius 1 is 1.41 bits per heavy atom. The number of aryl methyl sites for hydroxylation is 2. The summed E-state index contributed by atoms with van der Waals surface area (Å²) < 4.78 is 5.02. The van der Waals surface area contributed by atoms with Gasteiger partial charge in [-0.2, -0.15) is 0 Å². The molecular formula is C16H17N3O3. The Morgan fingerprint density at radius 3 is 2.86 bits per heavy atom. The molecular weight excluding hydrogens is 282 g/mol. The predicted molar refractivity (Wildman–Crippen MR) is 80.6 cm³/mol. The molecule has 0 saturated carbocycles. The maximum atomic E-state index is 12.3. The van der Waals surface area contributed by atoms with E-state index < -0.39 is 0 Å². The molecule has 1 aliphatic heterocycles. The van der Waals surface area contributed by atoms with Crippen LogP contribution in [-0.4, -0.2) is 17.0 Å². The minimum Gasteiger partial charge on any atom is -0.361 e. The minimum atomic E-state index is -0.210. The van der Waals surface area contributed by atoms with Gasteiger partial charge >= 0.3 is 0 Å². The number of carbonyl (C=O) groups is 2. The van der Waals surface area contributed by atoms with Crippen molar-refractivity contribution < 1.29 is 14.1 Å². The maximum absolute atomic E-state index is 12.3. The standard InChI is InChI=1S/C16H17N3O3/c1-8(17-16(21)15-9(2)19-22-10(15)3)11-4-5-13-12(6-11)7-14(20)18-13/h4-6,8H,7H2,1-3H3,(H,17,21)(H,18,20)/t8-/m1/s1. The number of rotatable bonds is 3. The van der Waals surface area contributed by atoms with E-state index in [4.69, 9.17) is 4.52 Å².